The van der Waals surface area contributed by atoms with Gasteiger partial charge >= 0.3 is 5.97 Å². The van der Waals surface area contributed by atoms with Crippen molar-refractivity contribution in [1.29, 1.82) is 0 Å². The van der Waals surface area contributed by atoms with E-state index in [-0.39, 0.29) is 6.42 Å². The number of carbonyl (C=O) groups is 3. The Labute approximate surface area is 105 Å². The molecular weight excluding hydrogens is 234 g/mol. The zero-order chi connectivity index (χ0) is 13.5. The quantitative estimate of drug-likeness (QED) is 0.632. The molecule has 1 amide bonds. The van der Waals surface area contributed by atoms with Gasteiger partial charge in [-0.2, -0.15) is 0 Å². The molecule has 0 aliphatic carbocycles. The lowest BCUT2D eigenvalue weighted by Crippen LogP contribution is -2.36. The van der Waals surface area contributed by atoms with Crippen LogP contribution in [0.4, 0.5) is 5.69 Å². The average Bonchev–Trinajstić information content (AvgIpc) is 2.39. The molecule has 0 aliphatic rings. The van der Waals surface area contributed by atoms with Crippen molar-refractivity contribution in [2.24, 2.45) is 5.92 Å². The van der Waals surface area contributed by atoms with Crippen LogP contribution in [0.25, 0.3) is 0 Å². The Morgan fingerprint density at radius 2 is 1.83 bits per heavy atom. The summed E-state index contributed by atoms with van der Waals surface area (Å²) < 4.78 is 4.47. The molecule has 0 saturated carbocycles. The fourth-order valence-electron chi connectivity index (χ4n) is 1.44. The Balaban J connectivity index is 2.83. The lowest BCUT2D eigenvalue weighted by Gasteiger charge is -2.12. The molecule has 96 valence electrons. The van der Waals surface area contributed by atoms with Gasteiger partial charge in [-0.05, 0) is 12.1 Å². The monoisotopic (exact) mass is 249 g/mol. The zero-order valence-electron chi connectivity index (χ0n) is 10.3. The van der Waals surface area contributed by atoms with Gasteiger partial charge in [0.15, 0.2) is 11.7 Å². The number of ether oxygens (including phenoxy) is 1. The minimum Gasteiger partial charge on any atom is -0.468 e. The molecule has 0 bridgehead atoms. The van der Waals surface area contributed by atoms with Crippen molar-refractivity contribution in [3.63, 3.8) is 0 Å². The molecule has 1 atom stereocenters. The summed E-state index contributed by atoms with van der Waals surface area (Å²) in [5, 5.41) is 2.51. The highest BCUT2D eigenvalue weighted by molar-refractivity contribution is 6.20. The van der Waals surface area contributed by atoms with Gasteiger partial charge in [-0.1, -0.05) is 25.1 Å². The van der Waals surface area contributed by atoms with E-state index in [1.165, 1.54) is 0 Å². The molecule has 0 spiro atoms. The first-order chi connectivity index (χ1) is 8.60. The lowest BCUT2D eigenvalue weighted by atomic mass is 10.0. The van der Waals surface area contributed by atoms with E-state index in [1.54, 1.807) is 37.3 Å². The molecule has 0 heterocycles. The van der Waals surface area contributed by atoms with Crippen LogP contribution in [0.3, 0.4) is 0 Å². The van der Waals surface area contributed by atoms with Gasteiger partial charge in [0.25, 0.3) is 0 Å². The maximum Gasteiger partial charge on any atom is 0.325 e. The second-order valence-corrected chi connectivity index (χ2v) is 3.63. The number of anilines is 1. The first kappa shape index (κ1) is 13.9. The minimum atomic E-state index is -1.40. The molecular formula is C13H15NO4. The Kier molecular flexibility index (Phi) is 5.05. The van der Waals surface area contributed by atoms with Crippen LogP contribution in [0, 0.1) is 5.92 Å². The highest BCUT2D eigenvalue weighted by atomic mass is 16.5. The highest BCUT2D eigenvalue weighted by Gasteiger charge is 2.33. The molecule has 1 rings (SSSR count). The summed E-state index contributed by atoms with van der Waals surface area (Å²) in [5.41, 5.74) is 0.528. The van der Waals surface area contributed by atoms with Crippen molar-refractivity contribution in [3.05, 3.63) is 30.3 Å². The first-order valence-electron chi connectivity index (χ1n) is 5.56. The summed E-state index contributed by atoms with van der Waals surface area (Å²) in [6.07, 6.45) is 0.0992. The SMILES string of the molecule is CCC(=O)C(C(=O)Nc1ccccc1)C(=O)OC. The van der Waals surface area contributed by atoms with Gasteiger partial charge in [-0.15, -0.1) is 0 Å². The summed E-state index contributed by atoms with van der Waals surface area (Å²) in [6, 6.07) is 8.62. The summed E-state index contributed by atoms with van der Waals surface area (Å²) in [5.74, 6) is -3.37. The van der Waals surface area contributed by atoms with Crippen molar-refractivity contribution in [3.8, 4) is 0 Å². The molecule has 5 heteroatoms. The Bertz CT molecular complexity index is 426. The summed E-state index contributed by atoms with van der Waals surface area (Å²) >= 11 is 0. The molecule has 5 nitrogen and oxygen atoms in total. The summed E-state index contributed by atoms with van der Waals surface area (Å²) in [6.45, 7) is 1.59. The topological polar surface area (TPSA) is 72.5 Å². The minimum absolute atomic E-state index is 0.0992. The van der Waals surface area contributed by atoms with E-state index in [2.05, 4.69) is 10.1 Å². The fraction of sp³-hybridized carbons (Fsp3) is 0.308. The van der Waals surface area contributed by atoms with Crippen molar-refractivity contribution >= 4 is 23.3 Å². The molecule has 0 saturated heterocycles. The Morgan fingerprint density at radius 3 is 2.33 bits per heavy atom. The normalized spacial score (nSPS) is 11.4. The third kappa shape index (κ3) is 3.41. The second-order valence-electron chi connectivity index (χ2n) is 3.63. The van der Waals surface area contributed by atoms with Crippen molar-refractivity contribution in [2.75, 3.05) is 12.4 Å². The van der Waals surface area contributed by atoms with Crippen molar-refractivity contribution < 1.29 is 19.1 Å². The number of amides is 1. The fourth-order valence-corrected chi connectivity index (χ4v) is 1.44. The van der Waals surface area contributed by atoms with Gasteiger partial charge < -0.3 is 10.1 Å². The molecule has 0 aliphatic heterocycles. The Hall–Kier alpha value is -2.17. The van der Waals surface area contributed by atoms with Gasteiger partial charge in [-0.25, -0.2) is 0 Å². The molecule has 1 N–H and O–H groups in total. The number of Topliss-reactive ketones (excluding diaryl/α,β-unsaturated/α-hetero) is 1. The van der Waals surface area contributed by atoms with E-state index in [0.29, 0.717) is 5.69 Å². The van der Waals surface area contributed by atoms with Crippen LogP contribution < -0.4 is 5.32 Å². The third-order valence-electron chi connectivity index (χ3n) is 2.41. The molecule has 0 radical (unpaired) electrons. The van der Waals surface area contributed by atoms with E-state index in [1.807, 2.05) is 0 Å². The van der Waals surface area contributed by atoms with Crippen LogP contribution in [0.2, 0.25) is 0 Å². The number of nitrogens with one attached hydrogen (secondary N) is 1. The van der Waals surface area contributed by atoms with Crippen molar-refractivity contribution in [2.45, 2.75) is 13.3 Å². The van der Waals surface area contributed by atoms with Crippen LogP contribution in [-0.4, -0.2) is 24.8 Å². The smallest absolute Gasteiger partial charge is 0.325 e. The molecule has 0 fully saturated rings. The number of carbonyl (C=O) groups excluding carboxylic acids is 3. The van der Waals surface area contributed by atoms with Crippen LogP contribution in [0.5, 0.6) is 0 Å². The number of esters is 1. The van der Waals surface area contributed by atoms with Crippen LogP contribution >= 0.6 is 0 Å². The van der Waals surface area contributed by atoms with Gasteiger partial charge in [0, 0.05) is 12.1 Å². The van der Waals surface area contributed by atoms with Crippen LogP contribution in [-0.2, 0) is 19.1 Å². The number of hydrogen-bond acceptors (Lipinski definition) is 4. The molecule has 18 heavy (non-hydrogen) atoms. The predicted molar refractivity (Wildman–Crippen MR) is 65.9 cm³/mol. The molecule has 1 aromatic carbocycles. The number of methoxy groups -OCH3 is 1. The van der Waals surface area contributed by atoms with Crippen molar-refractivity contribution in [1.82, 2.24) is 0 Å². The number of para-hydroxylation sites is 1. The molecule has 0 aromatic heterocycles. The van der Waals surface area contributed by atoms with Crippen LogP contribution in [0.15, 0.2) is 30.3 Å². The zero-order valence-corrected chi connectivity index (χ0v) is 10.3. The van der Waals surface area contributed by atoms with Gasteiger partial charge in [0.05, 0.1) is 7.11 Å². The van der Waals surface area contributed by atoms with E-state index in [4.69, 9.17) is 0 Å². The average molecular weight is 249 g/mol. The maximum atomic E-state index is 11.9. The number of hydrogen-bond donors (Lipinski definition) is 1. The predicted octanol–water partition coefficient (Wildman–Crippen LogP) is 1.39. The highest BCUT2D eigenvalue weighted by Crippen LogP contribution is 2.11. The Morgan fingerprint density at radius 1 is 1.22 bits per heavy atom. The van der Waals surface area contributed by atoms with Gasteiger partial charge in [0.1, 0.15) is 0 Å². The lowest BCUT2D eigenvalue weighted by molar-refractivity contribution is -0.152. The van der Waals surface area contributed by atoms with Gasteiger partial charge in [0.2, 0.25) is 5.91 Å². The first-order valence-corrected chi connectivity index (χ1v) is 5.56. The third-order valence-corrected chi connectivity index (χ3v) is 2.41. The number of ketones is 1. The molecule has 1 unspecified atom stereocenters. The van der Waals surface area contributed by atoms with Gasteiger partial charge in [-0.3, -0.25) is 14.4 Å². The van der Waals surface area contributed by atoms with E-state index in [9.17, 15) is 14.4 Å². The maximum absolute atomic E-state index is 11.9. The van der Waals surface area contributed by atoms with Crippen LogP contribution in [0.1, 0.15) is 13.3 Å². The summed E-state index contributed by atoms with van der Waals surface area (Å²) in [7, 11) is 1.15. The van der Waals surface area contributed by atoms with E-state index >= 15 is 0 Å². The summed E-state index contributed by atoms with van der Waals surface area (Å²) in [4.78, 5) is 34.9. The standard InChI is InChI=1S/C13H15NO4/c1-3-10(15)11(13(17)18-2)12(16)14-9-7-5-4-6-8-9/h4-8,11H,3H2,1-2H3,(H,14,16). The molecule has 1 aromatic rings. The van der Waals surface area contributed by atoms with E-state index in [0.717, 1.165) is 7.11 Å². The number of benzene rings is 1. The number of rotatable bonds is 5. The largest absolute Gasteiger partial charge is 0.468 e. The second kappa shape index (κ2) is 6.54. The van der Waals surface area contributed by atoms with E-state index < -0.39 is 23.6 Å².